The molecule has 0 bridgehead atoms. The van der Waals surface area contributed by atoms with Crippen LogP contribution in [0.25, 0.3) is 0 Å². The van der Waals surface area contributed by atoms with Crippen LogP contribution in [-0.2, 0) is 4.79 Å². The van der Waals surface area contributed by atoms with Crippen molar-refractivity contribution in [1.82, 2.24) is 5.32 Å². The molecule has 0 atom stereocenters. The molecule has 0 unspecified atom stereocenters. The molecule has 0 saturated carbocycles. The number of carbonyl (C=O) groups is 1. The molecular weight excluding hydrogens is 174 g/mol. The van der Waals surface area contributed by atoms with E-state index in [0.29, 0.717) is 17.8 Å². The Morgan fingerprint density at radius 1 is 1.00 bits per heavy atom. The molecule has 0 heterocycles. The van der Waals surface area contributed by atoms with Gasteiger partial charge in [0, 0.05) is 12.5 Å². The van der Waals surface area contributed by atoms with Gasteiger partial charge in [0.1, 0.15) is 0 Å². The second kappa shape index (κ2) is 6.05. The first-order valence-corrected chi connectivity index (χ1v) is 5.64. The van der Waals surface area contributed by atoms with Crippen LogP contribution >= 0.6 is 0 Å². The van der Waals surface area contributed by atoms with Crippen LogP contribution in [0.15, 0.2) is 0 Å². The second-order valence-electron chi connectivity index (χ2n) is 5.05. The standard InChI is InChI=1S/C12H25NO/c1-8(2)11(9(3)4)7-13-12(14)10(5)6/h8-11H,7H2,1-6H3,(H,13,14). The van der Waals surface area contributed by atoms with Gasteiger partial charge in [-0.05, 0) is 17.8 Å². The summed E-state index contributed by atoms with van der Waals surface area (Å²) in [6.45, 7) is 13.5. The van der Waals surface area contributed by atoms with Gasteiger partial charge in [0.05, 0.1) is 0 Å². The third kappa shape index (κ3) is 4.64. The summed E-state index contributed by atoms with van der Waals surface area (Å²) in [4.78, 5) is 11.4. The zero-order valence-corrected chi connectivity index (χ0v) is 10.4. The summed E-state index contributed by atoms with van der Waals surface area (Å²) in [5, 5.41) is 3.01. The van der Waals surface area contributed by atoms with Crippen LogP contribution in [0.2, 0.25) is 0 Å². The van der Waals surface area contributed by atoms with Crippen LogP contribution in [0.5, 0.6) is 0 Å². The van der Waals surface area contributed by atoms with Gasteiger partial charge in [0.2, 0.25) is 5.91 Å². The van der Waals surface area contributed by atoms with Gasteiger partial charge in [-0.15, -0.1) is 0 Å². The number of carbonyl (C=O) groups excluding carboxylic acids is 1. The minimum atomic E-state index is 0.0926. The van der Waals surface area contributed by atoms with Gasteiger partial charge < -0.3 is 5.32 Å². The Labute approximate surface area is 88.5 Å². The fraction of sp³-hybridized carbons (Fsp3) is 0.917. The van der Waals surface area contributed by atoms with Crippen molar-refractivity contribution in [2.75, 3.05) is 6.54 Å². The first-order valence-electron chi connectivity index (χ1n) is 5.64. The van der Waals surface area contributed by atoms with Crippen LogP contribution in [0.3, 0.4) is 0 Å². The molecule has 0 aromatic heterocycles. The molecule has 0 spiro atoms. The maximum absolute atomic E-state index is 11.4. The van der Waals surface area contributed by atoms with Crippen molar-refractivity contribution in [3.8, 4) is 0 Å². The lowest BCUT2D eigenvalue weighted by atomic mass is 9.85. The Bertz CT molecular complexity index is 165. The summed E-state index contributed by atoms with van der Waals surface area (Å²) in [5.74, 6) is 2.09. The van der Waals surface area contributed by atoms with E-state index in [1.807, 2.05) is 13.8 Å². The minimum absolute atomic E-state index is 0.0926. The third-order valence-electron chi connectivity index (χ3n) is 2.75. The van der Waals surface area contributed by atoms with E-state index in [2.05, 4.69) is 33.0 Å². The molecule has 0 aromatic rings. The first kappa shape index (κ1) is 13.5. The van der Waals surface area contributed by atoms with Crippen molar-refractivity contribution >= 4 is 5.91 Å². The van der Waals surface area contributed by atoms with Crippen LogP contribution in [-0.4, -0.2) is 12.5 Å². The quantitative estimate of drug-likeness (QED) is 0.724. The van der Waals surface area contributed by atoms with Gasteiger partial charge in [-0.1, -0.05) is 41.5 Å². The molecule has 1 N–H and O–H groups in total. The van der Waals surface area contributed by atoms with Crippen molar-refractivity contribution in [1.29, 1.82) is 0 Å². The highest BCUT2D eigenvalue weighted by atomic mass is 16.1. The van der Waals surface area contributed by atoms with E-state index < -0.39 is 0 Å². The van der Waals surface area contributed by atoms with Gasteiger partial charge >= 0.3 is 0 Å². The van der Waals surface area contributed by atoms with Crippen LogP contribution in [0, 0.1) is 23.7 Å². The zero-order valence-electron chi connectivity index (χ0n) is 10.4. The van der Waals surface area contributed by atoms with Crippen molar-refractivity contribution < 1.29 is 4.79 Å². The minimum Gasteiger partial charge on any atom is -0.356 e. The highest BCUT2D eigenvalue weighted by Gasteiger charge is 2.18. The van der Waals surface area contributed by atoms with E-state index >= 15 is 0 Å². The Hall–Kier alpha value is -0.530. The molecule has 0 aromatic carbocycles. The molecule has 0 fully saturated rings. The highest BCUT2D eigenvalue weighted by Crippen LogP contribution is 2.19. The first-order chi connectivity index (χ1) is 6.36. The second-order valence-corrected chi connectivity index (χ2v) is 5.05. The smallest absolute Gasteiger partial charge is 0.222 e. The van der Waals surface area contributed by atoms with E-state index in [1.54, 1.807) is 0 Å². The normalized spacial score (nSPS) is 11.9. The number of rotatable bonds is 5. The molecule has 84 valence electrons. The Kier molecular flexibility index (Phi) is 5.82. The molecule has 0 saturated heterocycles. The Morgan fingerprint density at radius 3 is 1.71 bits per heavy atom. The summed E-state index contributed by atoms with van der Waals surface area (Å²) in [6, 6.07) is 0. The molecule has 1 amide bonds. The van der Waals surface area contributed by atoms with Crippen molar-refractivity contribution in [3.63, 3.8) is 0 Å². The number of nitrogens with one attached hydrogen (secondary N) is 1. The zero-order chi connectivity index (χ0) is 11.3. The maximum Gasteiger partial charge on any atom is 0.222 e. The lowest BCUT2D eigenvalue weighted by Crippen LogP contribution is -2.36. The largest absolute Gasteiger partial charge is 0.356 e. The number of hydrogen-bond acceptors (Lipinski definition) is 1. The van der Waals surface area contributed by atoms with Crippen molar-refractivity contribution in [2.24, 2.45) is 23.7 Å². The Balaban J connectivity index is 4.01. The van der Waals surface area contributed by atoms with Crippen molar-refractivity contribution in [3.05, 3.63) is 0 Å². The van der Waals surface area contributed by atoms with E-state index in [1.165, 1.54) is 0 Å². The molecule has 0 radical (unpaired) electrons. The van der Waals surface area contributed by atoms with Gasteiger partial charge in [0.25, 0.3) is 0 Å². The SMILES string of the molecule is CC(C)C(=O)NCC(C(C)C)C(C)C. The summed E-state index contributed by atoms with van der Waals surface area (Å²) < 4.78 is 0. The topological polar surface area (TPSA) is 29.1 Å². The van der Waals surface area contributed by atoms with E-state index in [-0.39, 0.29) is 11.8 Å². The molecule has 2 heteroatoms. The van der Waals surface area contributed by atoms with Crippen LogP contribution in [0.4, 0.5) is 0 Å². The number of hydrogen-bond donors (Lipinski definition) is 1. The molecule has 2 nitrogen and oxygen atoms in total. The van der Waals surface area contributed by atoms with Crippen molar-refractivity contribution in [2.45, 2.75) is 41.5 Å². The summed E-state index contributed by atoms with van der Waals surface area (Å²) >= 11 is 0. The third-order valence-corrected chi connectivity index (χ3v) is 2.75. The highest BCUT2D eigenvalue weighted by molar-refractivity contribution is 5.77. The molecule has 0 rings (SSSR count). The fourth-order valence-electron chi connectivity index (χ4n) is 1.66. The van der Waals surface area contributed by atoms with E-state index in [9.17, 15) is 4.79 Å². The predicted octanol–water partition coefficient (Wildman–Crippen LogP) is 2.69. The monoisotopic (exact) mass is 199 g/mol. The average molecular weight is 199 g/mol. The van der Waals surface area contributed by atoms with Gasteiger partial charge in [-0.2, -0.15) is 0 Å². The van der Waals surface area contributed by atoms with Gasteiger partial charge in [-0.25, -0.2) is 0 Å². The maximum atomic E-state index is 11.4. The summed E-state index contributed by atoms with van der Waals surface area (Å²) in [6.07, 6.45) is 0. The average Bonchev–Trinajstić information content (AvgIpc) is 2.02. The molecule has 0 aliphatic heterocycles. The number of amides is 1. The Morgan fingerprint density at radius 2 is 1.43 bits per heavy atom. The summed E-state index contributed by atoms with van der Waals surface area (Å²) in [5.41, 5.74) is 0. The van der Waals surface area contributed by atoms with E-state index in [4.69, 9.17) is 0 Å². The molecule has 0 aliphatic rings. The lowest BCUT2D eigenvalue weighted by molar-refractivity contribution is -0.124. The van der Waals surface area contributed by atoms with Crippen LogP contribution in [0.1, 0.15) is 41.5 Å². The lowest BCUT2D eigenvalue weighted by Gasteiger charge is -2.25. The van der Waals surface area contributed by atoms with Gasteiger partial charge in [0.15, 0.2) is 0 Å². The fourth-order valence-corrected chi connectivity index (χ4v) is 1.66. The van der Waals surface area contributed by atoms with Gasteiger partial charge in [-0.3, -0.25) is 4.79 Å². The molecule has 0 aliphatic carbocycles. The van der Waals surface area contributed by atoms with Crippen LogP contribution < -0.4 is 5.32 Å². The molecular formula is C12H25NO. The summed E-state index contributed by atoms with van der Waals surface area (Å²) in [7, 11) is 0. The predicted molar refractivity (Wildman–Crippen MR) is 61.0 cm³/mol. The van der Waals surface area contributed by atoms with E-state index in [0.717, 1.165) is 6.54 Å². The molecule has 14 heavy (non-hydrogen) atoms.